The molecule has 0 radical (unpaired) electrons. The van der Waals surface area contributed by atoms with E-state index in [0.717, 1.165) is 30.3 Å². The van der Waals surface area contributed by atoms with Gasteiger partial charge in [0.25, 0.3) is 0 Å². The molecule has 1 aromatic carbocycles. The van der Waals surface area contributed by atoms with E-state index in [-0.39, 0.29) is 0 Å². The van der Waals surface area contributed by atoms with Gasteiger partial charge in [0, 0.05) is 18.1 Å². The zero-order valence-corrected chi connectivity index (χ0v) is 11.8. The van der Waals surface area contributed by atoms with Gasteiger partial charge in [0.1, 0.15) is 0 Å². The monoisotopic (exact) mass is 267 g/mol. The third kappa shape index (κ3) is 4.27. The van der Waals surface area contributed by atoms with E-state index >= 15 is 0 Å². The lowest BCUT2D eigenvalue weighted by Gasteiger charge is -2.11. The van der Waals surface area contributed by atoms with E-state index in [1.54, 1.807) is 0 Å². The van der Waals surface area contributed by atoms with Gasteiger partial charge in [0.2, 0.25) is 0 Å². The van der Waals surface area contributed by atoms with Crippen molar-refractivity contribution in [3.05, 3.63) is 34.3 Å². The quantitative estimate of drug-likeness (QED) is 0.794. The predicted octanol–water partition coefficient (Wildman–Crippen LogP) is 3.70. The van der Waals surface area contributed by atoms with E-state index in [0.29, 0.717) is 6.10 Å². The zero-order chi connectivity index (χ0) is 12.8. The lowest BCUT2D eigenvalue weighted by Crippen LogP contribution is -2.21. The van der Waals surface area contributed by atoms with Crippen LogP contribution in [0, 0.1) is 6.92 Å². The highest BCUT2D eigenvalue weighted by Gasteiger charge is 2.14. The molecule has 0 saturated heterocycles. The molecule has 1 aromatic rings. The molecule has 1 aliphatic carbocycles. The molecule has 1 aliphatic rings. The van der Waals surface area contributed by atoms with Crippen LogP contribution < -0.4 is 5.32 Å². The van der Waals surface area contributed by atoms with E-state index in [1.807, 2.05) is 13.0 Å². The number of hydrogen-bond donors (Lipinski definition) is 1. The molecule has 0 heterocycles. The van der Waals surface area contributed by atoms with Crippen molar-refractivity contribution in [1.82, 2.24) is 5.32 Å². The number of ether oxygens (including phenoxy) is 1. The van der Waals surface area contributed by atoms with Gasteiger partial charge in [-0.3, -0.25) is 0 Å². The smallest absolute Gasteiger partial charge is 0.0594 e. The first kappa shape index (κ1) is 13.9. The highest BCUT2D eigenvalue weighted by molar-refractivity contribution is 6.31. The average molecular weight is 268 g/mol. The molecule has 2 rings (SSSR count). The number of rotatable bonds is 6. The molecule has 0 bridgehead atoms. The van der Waals surface area contributed by atoms with Crippen LogP contribution in [0.2, 0.25) is 5.02 Å². The van der Waals surface area contributed by atoms with Gasteiger partial charge in [-0.1, -0.05) is 36.6 Å². The minimum atomic E-state index is 0.514. The molecule has 0 aliphatic heterocycles. The Morgan fingerprint density at radius 1 is 1.33 bits per heavy atom. The average Bonchev–Trinajstić information content (AvgIpc) is 2.86. The summed E-state index contributed by atoms with van der Waals surface area (Å²) >= 11 is 6.09. The van der Waals surface area contributed by atoms with Crippen molar-refractivity contribution in [2.24, 2.45) is 0 Å². The Morgan fingerprint density at radius 2 is 2.11 bits per heavy atom. The maximum absolute atomic E-state index is 6.09. The molecule has 3 heteroatoms. The van der Waals surface area contributed by atoms with E-state index in [1.165, 1.54) is 31.2 Å². The van der Waals surface area contributed by atoms with E-state index in [2.05, 4.69) is 17.4 Å². The molecule has 2 nitrogen and oxygen atoms in total. The topological polar surface area (TPSA) is 21.3 Å². The van der Waals surface area contributed by atoms with Crippen LogP contribution in [-0.2, 0) is 11.3 Å². The lowest BCUT2D eigenvalue weighted by molar-refractivity contribution is 0.0603. The summed E-state index contributed by atoms with van der Waals surface area (Å²) in [6.45, 7) is 4.59. The van der Waals surface area contributed by atoms with Crippen LogP contribution in [0.4, 0.5) is 0 Å². The first-order chi connectivity index (χ1) is 8.75. The van der Waals surface area contributed by atoms with Crippen molar-refractivity contribution < 1.29 is 4.74 Å². The highest BCUT2D eigenvalue weighted by Crippen LogP contribution is 2.20. The Balaban J connectivity index is 1.61. The number of aryl methyl sites for hydroxylation is 1. The normalized spacial score (nSPS) is 16.3. The molecule has 1 fully saturated rings. The molecule has 0 aromatic heterocycles. The van der Waals surface area contributed by atoms with E-state index in [4.69, 9.17) is 16.3 Å². The summed E-state index contributed by atoms with van der Waals surface area (Å²) < 4.78 is 5.80. The van der Waals surface area contributed by atoms with Crippen molar-refractivity contribution >= 4 is 11.6 Å². The van der Waals surface area contributed by atoms with Crippen LogP contribution in [0.15, 0.2) is 18.2 Å². The fourth-order valence-electron chi connectivity index (χ4n) is 2.33. The summed E-state index contributed by atoms with van der Waals surface area (Å²) in [4.78, 5) is 0. The van der Waals surface area contributed by atoms with Gasteiger partial charge in [0.15, 0.2) is 0 Å². The Morgan fingerprint density at radius 3 is 2.83 bits per heavy atom. The van der Waals surface area contributed by atoms with Crippen LogP contribution in [0.5, 0.6) is 0 Å². The molecule has 0 amide bonds. The molecule has 0 atom stereocenters. The predicted molar refractivity (Wildman–Crippen MR) is 76.1 cm³/mol. The molecular weight excluding hydrogens is 246 g/mol. The Hall–Kier alpha value is -0.570. The Labute approximate surface area is 115 Å². The maximum atomic E-state index is 6.09. The second-order valence-electron chi connectivity index (χ2n) is 5.04. The molecule has 0 unspecified atom stereocenters. The van der Waals surface area contributed by atoms with Gasteiger partial charge in [-0.25, -0.2) is 0 Å². The summed E-state index contributed by atoms with van der Waals surface area (Å²) in [5, 5.41) is 4.23. The Kier molecular flexibility index (Phi) is 5.48. The maximum Gasteiger partial charge on any atom is 0.0594 e. The highest BCUT2D eigenvalue weighted by atomic mass is 35.5. The molecule has 100 valence electrons. The van der Waals surface area contributed by atoms with Gasteiger partial charge < -0.3 is 10.1 Å². The Bertz CT molecular complexity index is 375. The van der Waals surface area contributed by atoms with Gasteiger partial charge in [-0.2, -0.15) is 0 Å². The minimum absolute atomic E-state index is 0.514. The molecule has 1 saturated carbocycles. The SMILES string of the molecule is Cc1ccc(CNCCOC2CCCC2)cc1Cl. The molecular formula is C15H22ClNO. The molecule has 1 N–H and O–H groups in total. The number of nitrogens with one attached hydrogen (secondary N) is 1. The summed E-state index contributed by atoms with van der Waals surface area (Å²) in [6, 6.07) is 6.21. The van der Waals surface area contributed by atoms with Gasteiger partial charge in [0.05, 0.1) is 12.7 Å². The van der Waals surface area contributed by atoms with Crippen LogP contribution in [0.25, 0.3) is 0 Å². The van der Waals surface area contributed by atoms with E-state index < -0.39 is 0 Å². The zero-order valence-electron chi connectivity index (χ0n) is 11.0. The lowest BCUT2D eigenvalue weighted by atomic mass is 10.1. The summed E-state index contributed by atoms with van der Waals surface area (Å²) in [5.41, 5.74) is 2.36. The third-order valence-electron chi connectivity index (χ3n) is 3.50. The van der Waals surface area contributed by atoms with Crippen LogP contribution in [-0.4, -0.2) is 19.3 Å². The van der Waals surface area contributed by atoms with Crippen molar-refractivity contribution in [2.75, 3.05) is 13.2 Å². The molecule has 18 heavy (non-hydrogen) atoms. The van der Waals surface area contributed by atoms with Crippen molar-refractivity contribution in [3.63, 3.8) is 0 Å². The van der Waals surface area contributed by atoms with Crippen molar-refractivity contribution in [3.8, 4) is 0 Å². The van der Waals surface area contributed by atoms with Crippen molar-refractivity contribution in [2.45, 2.75) is 45.3 Å². The first-order valence-corrected chi connectivity index (χ1v) is 7.21. The number of benzene rings is 1. The van der Waals surface area contributed by atoms with Gasteiger partial charge >= 0.3 is 0 Å². The van der Waals surface area contributed by atoms with Crippen LogP contribution in [0.3, 0.4) is 0 Å². The van der Waals surface area contributed by atoms with Gasteiger partial charge in [-0.15, -0.1) is 0 Å². The number of halogens is 1. The summed E-state index contributed by atoms with van der Waals surface area (Å²) in [6.07, 6.45) is 5.67. The second-order valence-corrected chi connectivity index (χ2v) is 5.44. The fourth-order valence-corrected chi connectivity index (χ4v) is 2.53. The standard InChI is InChI=1S/C15H22ClNO/c1-12-6-7-13(10-15(12)16)11-17-8-9-18-14-4-2-3-5-14/h6-7,10,14,17H,2-5,8-9,11H2,1H3. The minimum Gasteiger partial charge on any atom is -0.377 e. The van der Waals surface area contributed by atoms with Crippen LogP contribution in [0.1, 0.15) is 36.8 Å². The fraction of sp³-hybridized carbons (Fsp3) is 0.600. The van der Waals surface area contributed by atoms with E-state index in [9.17, 15) is 0 Å². The summed E-state index contributed by atoms with van der Waals surface area (Å²) in [7, 11) is 0. The first-order valence-electron chi connectivity index (χ1n) is 6.83. The number of hydrogen-bond acceptors (Lipinski definition) is 2. The van der Waals surface area contributed by atoms with Crippen LogP contribution >= 0.6 is 11.6 Å². The largest absolute Gasteiger partial charge is 0.377 e. The van der Waals surface area contributed by atoms with Gasteiger partial charge in [-0.05, 0) is 37.0 Å². The second kappa shape index (κ2) is 7.13. The third-order valence-corrected chi connectivity index (χ3v) is 3.91. The van der Waals surface area contributed by atoms with Crippen molar-refractivity contribution in [1.29, 1.82) is 0 Å². The summed E-state index contributed by atoms with van der Waals surface area (Å²) in [5.74, 6) is 0. The molecule has 0 spiro atoms.